The molecule has 0 saturated carbocycles. The van der Waals surface area contributed by atoms with Gasteiger partial charge in [-0.3, -0.25) is 9.47 Å². The van der Waals surface area contributed by atoms with Crippen LogP contribution < -0.4 is 10.6 Å². The SMILES string of the molecule is [C-]#[N+]c1ccc2c(n1)c(N1CC(CC)N(C(CC)c3ccc(C)cc3)CC1CC)nc(=O)n2C. The molecule has 0 amide bonds. The highest BCUT2D eigenvalue weighted by atomic mass is 16.1. The second kappa shape index (κ2) is 9.94. The quantitative estimate of drug-likeness (QED) is 0.486. The Morgan fingerprint density at radius 2 is 1.74 bits per heavy atom. The molecular formula is C27H34N6O. The highest BCUT2D eigenvalue weighted by molar-refractivity contribution is 5.87. The molecule has 0 aliphatic carbocycles. The lowest BCUT2D eigenvalue weighted by atomic mass is 9.94. The molecule has 0 spiro atoms. The minimum absolute atomic E-state index is 0.198. The minimum atomic E-state index is -0.295. The van der Waals surface area contributed by atoms with Crippen LogP contribution >= 0.6 is 0 Å². The lowest BCUT2D eigenvalue weighted by Gasteiger charge is -2.49. The Balaban J connectivity index is 1.77. The van der Waals surface area contributed by atoms with Gasteiger partial charge in [0.15, 0.2) is 5.82 Å². The molecule has 1 fully saturated rings. The van der Waals surface area contributed by atoms with Crippen molar-refractivity contribution in [2.45, 2.75) is 65.1 Å². The molecule has 1 saturated heterocycles. The molecule has 34 heavy (non-hydrogen) atoms. The van der Waals surface area contributed by atoms with E-state index in [1.54, 1.807) is 19.2 Å². The molecule has 3 atom stereocenters. The largest absolute Gasteiger partial charge is 0.361 e. The Hall–Kier alpha value is -3.24. The van der Waals surface area contributed by atoms with E-state index in [4.69, 9.17) is 6.57 Å². The van der Waals surface area contributed by atoms with E-state index < -0.39 is 0 Å². The molecule has 1 aromatic carbocycles. The van der Waals surface area contributed by atoms with Crippen molar-refractivity contribution in [1.29, 1.82) is 0 Å². The predicted molar refractivity (Wildman–Crippen MR) is 137 cm³/mol. The molecule has 1 aliphatic heterocycles. The Bertz CT molecular complexity index is 1260. The molecule has 3 unspecified atom stereocenters. The van der Waals surface area contributed by atoms with Crippen LogP contribution in [0.5, 0.6) is 0 Å². The van der Waals surface area contributed by atoms with E-state index in [1.807, 2.05) is 0 Å². The van der Waals surface area contributed by atoms with E-state index in [0.29, 0.717) is 34.8 Å². The van der Waals surface area contributed by atoms with Crippen LogP contribution in [-0.2, 0) is 7.05 Å². The Morgan fingerprint density at radius 3 is 2.35 bits per heavy atom. The number of hydrogen-bond donors (Lipinski definition) is 0. The second-order valence-corrected chi connectivity index (χ2v) is 9.23. The van der Waals surface area contributed by atoms with E-state index in [2.05, 4.69) is 76.6 Å². The number of pyridine rings is 1. The first kappa shape index (κ1) is 23.9. The summed E-state index contributed by atoms with van der Waals surface area (Å²) in [7, 11) is 1.71. The summed E-state index contributed by atoms with van der Waals surface area (Å²) in [6.45, 7) is 17.9. The number of benzene rings is 1. The predicted octanol–water partition coefficient (Wildman–Crippen LogP) is 5.02. The third kappa shape index (κ3) is 4.30. The van der Waals surface area contributed by atoms with Crippen molar-refractivity contribution in [1.82, 2.24) is 19.4 Å². The van der Waals surface area contributed by atoms with Crippen molar-refractivity contribution < 1.29 is 0 Å². The van der Waals surface area contributed by atoms with Gasteiger partial charge in [-0.05, 0) is 43.9 Å². The van der Waals surface area contributed by atoms with Crippen LogP contribution in [0.3, 0.4) is 0 Å². The van der Waals surface area contributed by atoms with Crippen LogP contribution in [0.2, 0.25) is 0 Å². The van der Waals surface area contributed by atoms with Crippen molar-refractivity contribution in [3.05, 3.63) is 69.4 Å². The molecule has 178 valence electrons. The van der Waals surface area contributed by atoms with Crippen LogP contribution in [0.4, 0.5) is 11.6 Å². The molecule has 3 heterocycles. The van der Waals surface area contributed by atoms with E-state index in [0.717, 1.165) is 32.4 Å². The van der Waals surface area contributed by atoms with Gasteiger partial charge in [0, 0.05) is 38.3 Å². The summed E-state index contributed by atoms with van der Waals surface area (Å²) in [6, 6.07) is 13.2. The van der Waals surface area contributed by atoms with Gasteiger partial charge in [0.25, 0.3) is 5.82 Å². The van der Waals surface area contributed by atoms with Crippen LogP contribution in [-0.4, -0.2) is 44.6 Å². The Kier molecular flexibility index (Phi) is 6.99. The third-order valence-electron chi connectivity index (χ3n) is 7.24. The summed E-state index contributed by atoms with van der Waals surface area (Å²) < 4.78 is 1.51. The summed E-state index contributed by atoms with van der Waals surface area (Å²) in [5.74, 6) is 0.926. The molecule has 1 aliphatic rings. The van der Waals surface area contributed by atoms with Gasteiger partial charge >= 0.3 is 5.69 Å². The topological polar surface area (TPSA) is 58.6 Å². The zero-order chi connectivity index (χ0) is 24.4. The van der Waals surface area contributed by atoms with Crippen LogP contribution in [0, 0.1) is 13.5 Å². The highest BCUT2D eigenvalue weighted by Gasteiger charge is 2.38. The molecule has 7 heteroatoms. The number of nitrogens with zero attached hydrogens (tertiary/aromatic N) is 6. The first-order valence-corrected chi connectivity index (χ1v) is 12.3. The van der Waals surface area contributed by atoms with Crippen LogP contribution in [0.15, 0.2) is 41.2 Å². The average molecular weight is 459 g/mol. The molecule has 2 aromatic heterocycles. The molecule has 0 radical (unpaired) electrons. The summed E-state index contributed by atoms with van der Waals surface area (Å²) in [5.41, 5.74) is 3.67. The van der Waals surface area contributed by atoms with Crippen molar-refractivity contribution >= 4 is 22.7 Å². The van der Waals surface area contributed by atoms with Crippen molar-refractivity contribution in [2.24, 2.45) is 7.05 Å². The Labute approximate surface area is 201 Å². The fourth-order valence-corrected chi connectivity index (χ4v) is 5.24. The fraction of sp³-hybridized carbons (Fsp3) is 0.481. The van der Waals surface area contributed by atoms with Gasteiger partial charge in [-0.1, -0.05) is 57.2 Å². The first-order valence-electron chi connectivity index (χ1n) is 12.3. The average Bonchev–Trinajstić information content (AvgIpc) is 2.87. The Morgan fingerprint density at radius 1 is 1.03 bits per heavy atom. The monoisotopic (exact) mass is 458 g/mol. The highest BCUT2D eigenvalue weighted by Crippen LogP contribution is 2.35. The van der Waals surface area contributed by atoms with Gasteiger partial charge in [0.2, 0.25) is 5.52 Å². The van der Waals surface area contributed by atoms with Crippen molar-refractivity contribution in [3.63, 3.8) is 0 Å². The molecule has 0 bridgehead atoms. The number of hydrogen-bond acceptors (Lipinski definition) is 5. The zero-order valence-electron chi connectivity index (χ0n) is 20.8. The number of anilines is 1. The normalized spacial score (nSPS) is 19.8. The van der Waals surface area contributed by atoms with Crippen LogP contribution in [0.25, 0.3) is 15.9 Å². The number of fused-ring (bicyclic) bond motifs is 1. The molecule has 3 aromatic rings. The van der Waals surface area contributed by atoms with E-state index in [-0.39, 0.29) is 11.7 Å². The van der Waals surface area contributed by atoms with Gasteiger partial charge in [-0.2, -0.15) is 4.98 Å². The zero-order valence-corrected chi connectivity index (χ0v) is 20.8. The number of aromatic nitrogens is 3. The summed E-state index contributed by atoms with van der Waals surface area (Å²) >= 11 is 0. The van der Waals surface area contributed by atoms with E-state index in [1.165, 1.54) is 15.7 Å². The maximum Gasteiger partial charge on any atom is 0.350 e. The van der Waals surface area contributed by atoms with Crippen molar-refractivity contribution in [3.8, 4) is 0 Å². The molecule has 0 N–H and O–H groups in total. The number of rotatable bonds is 6. The molecule has 7 nitrogen and oxygen atoms in total. The van der Waals surface area contributed by atoms with E-state index in [9.17, 15) is 4.79 Å². The minimum Gasteiger partial charge on any atom is -0.361 e. The molecular weight excluding hydrogens is 424 g/mol. The van der Waals surface area contributed by atoms with Gasteiger partial charge in [0.05, 0.1) is 5.52 Å². The smallest absolute Gasteiger partial charge is 0.350 e. The number of piperazine rings is 1. The maximum atomic E-state index is 12.8. The van der Waals surface area contributed by atoms with Crippen molar-refractivity contribution in [2.75, 3.05) is 18.0 Å². The summed E-state index contributed by atoms with van der Waals surface area (Å²) in [4.78, 5) is 30.3. The van der Waals surface area contributed by atoms with Gasteiger partial charge in [0.1, 0.15) is 0 Å². The lowest BCUT2D eigenvalue weighted by molar-refractivity contribution is 0.0895. The van der Waals surface area contributed by atoms with Gasteiger partial charge in [-0.15, -0.1) is 4.98 Å². The number of aryl methyl sites for hydroxylation is 2. The lowest BCUT2D eigenvalue weighted by Crippen LogP contribution is -2.59. The first-order chi connectivity index (χ1) is 16.4. The maximum absolute atomic E-state index is 12.8. The van der Waals surface area contributed by atoms with Crippen LogP contribution in [0.1, 0.15) is 57.2 Å². The van der Waals surface area contributed by atoms with E-state index >= 15 is 0 Å². The standard InChI is InChI=1S/C27H34N6O/c1-7-20-17-33(26-25-23(31(6)27(34)30-26)14-15-24(28-5)29-25)21(8-2)16-32(20)22(9-3)19-12-10-18(4)11-13-19/h10-15,20-22H,7-9,16-17H2,1-4,6H3. The summed E-state index contributed by atoms with van der Waals surface area (Å²) in [5, 5.41) is 0. The second-order valence-electron chi connectivity index (χ2n) is 9.23. The van der Waals surface area contributed by atoms with Gasteiger partial charge in [-0.25, -0.2) is 4.79 Å². The summed E-state index contributed by atoms with van der Waals surface area (Å²) in [6.07, 6.45) is 2.97. The fourth-order valence-electron chi connectivity index (χ4n) is 5.24. The molecule has 4 rings (SSSR count). The van der Waals surface area contributed by atoms with Gasteiger partial charge < -0.3 is 9.74 Å². The third-order valence-corrected chi connectivity index (χ3v) is 7.24.